The molecule has 0 aliphatic carbocycles. The maximum Gasteiger partial charge on any atom is 0.160 e. The van der Waals surface area contributed by atoms with Crippen LogP contribution in [0.2, 0.25) is 0 Å². The van der Waals surface area contributed by atoms with E-state index in [9.17, 15) is 0 Å². The predicted octanol–water partition coefficient (Wildman–Crippen LogP) is 9.13. The van der Waals surface area contributed by atoms with E-state index in [0.29, 0.717) is 46.1 Å². The fourth-order valence-electron chi connectivity index (χ4n) is 5.96. The van der Waals surface area contributed by atoms with Gasteiger partial charge in [0.2, 0.25) is 0 Å². The number of rotatable bonds is 17. The fraction of sp³-hybridized carbons (Fsp3) is 0.400. The van der Waals surface area contributed by atoms with Crippen LogP contribution in [0.15, 0.2) is 103 Å². The highest BCUT2D eigenvalue weighted by Gasteiger charge is 2.41. The Bertz CT molecular complexity index is 1390. The van der Waals surface area contributed by atoms with Crippen molar-refractivity contribution in [1.82, 2.24) is 4.90 Å². The number of nitrogens with zero attached hydrogens (tertiary/aromatic N) is 1. The largest absolute Gasteiger partial charge is 0.494 e. The molecule has 5 nitrogen and oxygen atoms in total. The van der Waals surface area contributed by atoms with Crippen molar-refractivity contribution in [3.05, 3.63) is 137 Å². The molecule has 1 heterocycles. The predicted molar refractivity (Wildman–Crippen MR) is 191 cm³/mol. The number of ether oxygens (including phenoxy) is 4. The van der Waals surface area contributed by atoms with E-state index in [2.05, 4.69) is 86.6 Å². The summed E-state index contributed by atoms with van der Waals surface area (Å²) < 4.78 is 25.2. The minimum atomic E-state index is -0.659. The third kappa shape index (κ3) is 10.8. The molecule has 5 rings (SSSR count). The van der Waals surface area contributed by atoms with Gasteiger partial charge in [-0.15, -0.1) is 0 Å². The first-order valence-corrected chi connectivity index (χ1v) is 17.6. The van der Waals surface area contributed by atoms with Crippen LogP contribution in [0.25, 0.3) is 0 Å². The topological polar surface area (TPSA) is 40.2 Å². The summed E-state index contributed by atoms with van der Waals surface area (Å²) in [6, 6.07) is 35.8. The number of alkyl halides is 2. The number of hydrogen-bond donors (Lipinski definition) is 0. The Balaban J connectivity index is 1.26. The van der Waals surface area contributed by atoms with Crippen molar-refractivity contribution in [2.24, 2.45) is 0 Å². The molecule has 1 unspecified atom stereocenters. The van der Waals surface area contributed by atoms with Gasteiger partial charge >= 0.3 is 0 Å². The molecule has 4 aromatic rings. The van der Waals surface area contributed by atoms with Crippen LogP contribution in [-0.2, 0) is 46.9 Å². The first-order chi connectivity index (χ1) is 23.0. The SMILES string of the molecule is CCc1ccc(CO[C@H]2CN(C(Cl)Cl)C[C@@H](OCc3ccc(CC)cc3)C2c2ccc(OCCCOCc3ccccc3)cc2)cc1. The van der Waals surface area contributed by atoms with Crippen molar-refractivity contribution in [1.29, 1.82) is 0 Å². The lowest BCUT2D eigenvalue weighted by molar-refractivity contribution is -0.0985. The summed E-state index contributed by atoms with van der Waals surface area (Å²) in [7, 11) is 0. The monoisotopic (exact) mass is 675 g/mol. The summed E-state index contributed by atoms with van der Waals surface area (Å²) in [6.07, 6.45) is 2.46. The minimum absolute atomic E-state index is 0.0244. The van der Waals surface area contributed by atoms with Crippen LogP contribution >= 0.6 is 23.2 Å². The smallest absolute Gasteiger partial charge is 0.160 e. The van der Waals surface area contributed by atoms with Crippen molar-refractivity contribution >= 4 is 23.2 Å². The quantitative estimate of drug-likeness (QED) is 0.0634. The highest BCUT2D eigenvalue weighted by atomic mass is 35.5. The van der Waals surface area contributed by atoms with Crippen LogP contribution in [0.5, 0.6) is 5.75 Å². The molecule has 0 bridgehead atoms. The molecule has 1 aliphatic heterocycles. The van der Waals surface area contributed by atoms with E-state index in [-0.39, 0.29) is 18.1 Å². The van der Waals surface area contributed by atoms with E-state index in [1.54, 1.807) is 0 Å². The number of benzene rings is 4. The molecule has 4 aromatic carbocycles. The van der Waals surface area contributed by atoms with Crippen molar-refractivity contribution < 1.29 is 18.9 Å². The van der Waals surface area contributed by atoms with Gasteiger partial charge in [-0.05, 0) is 58.4 Å². The van der Waals surface area contributed by atoms with Crippen molar-refractivity contribution in [2.75, 3.05) is 26.3 Å². The highest BCUT2D eigenvalue weighted by molar-refractivity contribution is 6.43. The van der Waals surface area contributed by atoms with Gasteiger partial charge in [-0.2, -0.15) is 0 Å². The molecule has 250 valence electrons. The molecule has 0 saturated carbocycles. The van der Waals surface area contributed by atoms with Gasteiger partial charge < -0.3 is 18.9 Å². The molecule has 0 amide bonds. The molecular weight excluding hydrogens is 629 g/mol. The summed E-state index contributed by atoms with van der Waals surface area (Å²) in [4.78, 5) is 1.38. The van der Waals surface area contributed by atoms with Crippen LogP contribution in [0.4, 0.5) is 0 Å². The number of likely N-dealkylation sites (tertiary alicyclic amines) is 1. The molecule has 0 radical (unpaired) electrons. The van der Waals surface area contributed by atoms with Gasteiger partial charge in [-0.25, -0.2) is 0 Å². The molecule has 1 aliphatic rings. The lowest BCUT2D eigenvalue weighted by Crippen LogP contribution is -2.53. The standard InChI is InChI=1S/C40H47Cl2NO4/c1-3-30-11-15-33(16-12-30)28-46-37-25-43(40(41)42)26-38(47-29-34-17-13-31(4-2)14-18-34)39(37)35-19-21-36(22-20-35)45-24-8-23-44-27-32-9-6-5-7-10-32/h5-7,9-22,37-40H,3-4,8,23-29H2,1-2H3/t37-,38+,39?. The van der Waals surface area contributed by atoms with Crippen LogP contribution in [0.3, 0.4) is 0 Å². The first kappa shape index (κ1) is 35.4. The Morgan fingerprint density at radius 3 is 1.64 bits per heavy atom. The van der Waals surface area contributed by atoms with Gasteiger partial charge in [0, 0.05) is 25.4 Å². The summed E-state index contributed by atoms with van der Waals surface area (Å²) in [6.45, 7) is 8.36. The van der Waals surface area contributed by atoms with Crippen molar-refractivity contribution in [3.8, 4) is 5.75 Å². The van der Waals surface area contributed by atoms with Gasteiger partial charge in [0.05, 0.1) is 45.2 Å². The lowest BCUT2D eigenvalue weighted by atomic mass is 9.84. The van der Waals surface area contributed by atoms with Crippen LogP contribution < -0.4 is 4.74 Å². The highest BCUT2D eigenvalue weighted by Crippen LogP contribution is 2.36. The Morgan fingerprint density at radius 1 is 0.617 bits per heavy atom. The lowest BCUT2D eigenvalue weighted by Gasteiger charge is -2.44. The summed E-state index contributed by atoms with van der Waals surface area (Å²) >= 11 is 12.9. The zero-order chi connectivity index (χ0) is 32.8. The van der Waals surface area contributed by atoms with Gasteiger partial charge in [-0.3, -0.25) is 4.90 Å². The molecule has 0 aromatic heterocycles. The molecule has 0 spiro atoms. The number of halogens is 2. The van der Waals surface area contributed by atoms with E-state index in [0.717, 1.165) is 41.7 Å². The third-order valence-electron chi connectivity index (χ3n) is 8.77. The third-order valence-corrected chi connectivity index (χ3v) is 9.33. The Morgan fingerprint density at radius 2 is 1.13 bits per heavy atom. The average molecular weight is 677 g/mol. The molecule has 7 heteroatoms. The van der Waals surface area contributed by atoms with Crippen molar-refractivity contribution in [2.45, 2.75) is 76.0 Å². The van der Waals surface area contributed by atoms with Gasteiger partial charge in [0.25, 0.3) is 0 Å². The number of hydrogen-bond acceptors (Lipinski definition) is 5. The summed E-state index contributed by atoms with van der Waals surface area (Å²) in [5.41, 5.74) is 7.21. The first-order valence-electron chi connectivity index (χ1n) is 16.8. The maximum atomic E-state index is 6.68. The number of aryl methyl sites for hydroxylation is 2. The van der Waals surface area contributed by atoms with Crippen LogP contribution in [0.1, 0.15) is 59.6 Å². The van der Waals surface area contributed by atoms with E-state index in [4.69, 9.17) is 42.1 Å². The number of piperidine rings is 1. The fourth-order valence-corrected chi connectivity index (χ4v) is 6.27. The second-order valence-corrected chi connectivity index (χ2v) is 13.2. The van der Waals surface area contributed by atoms with E-state index in [1.165, 1.54) is 16.7 Å². The van der Waals surface area contributed by atoms with E-state index in [1.807, 2.05) is 35.2 Å². The van der Waals surface area contributed by atoms with Crippen LogP contribution in [-0.4, -0.2) is 48.4 Å². The Labute approximate surface area is 290 Å². The molecule has 3 atom stereocenters. The molecule has 47 heavy (non-hydrogen) atoms. The van der Waals surface area contributed by atoms with Gasteiger partial charge in [-0.1, -0.05) is 128 Å². The molecule has 0 N–H and O–H groups in total. The summed E-state index contributed by atoms with van der Waals surface area (Å²) in [5, 5.41) is 0. The molecular formula is C40H47Cl2NO4. The second-order valence-electron chi connectivity index (χ2n) is 12.1. The minimum Gasteiger partial charge on any atom is -0.494 e. The summed E-state index contributed by atoms with van der Waals surface area (Å²) in [5.74, 6) is 0.807. The maximum absolute atomic E-state index is 6.68. The zero-order valence-corrected chi connectivity index (χ0v) is 29.0. The normalized spacial score (nSPS) is 18.4. The van der Waals surface area contributed by atoms with E-state index < -0.39 is 4.96 Å². The molecule has 1 saturated heterocycles. The molecule has 1 fully saturated rings. The Hall–Kier alpha value is -2.90. The van der Waals surface area contributed by atoms with Gasteiger partial charge in [0.1, 0.15) is 5.75 Å². The van der Waals surface area contributed by atoms with Gasteiger partial charge in [0.15, 0.2) is 4.96 Å². The average Bonchev–Trinajstić information content (AvgIpc) is 3.12. The van der Waals surface area contributed by atoms with E-state index >= 15 is 0 Å². The Kier molecular flexibility index (Phi) is 14.0. The zero-order valence-electron chi connectivity index (χ0n) is 27.5. The van der Waals surface area contributed by atoms with Crippen LogP contribution in [0, 0.1) is 0 Å². The van der Waals surface area contributed by atoms with Crippen molar-refractivity contribution in [3.63, 3.8) is 0 Å². The second kappa shape index (κ2) is 18.6.